The zero-order valence-corrected chi connectivity index (χ0v) is 43.8. The fraction of sp³-hybridized carbons (Fsp3) is 0.379. The summed E-state index contributed by atoms with van der Waals surface area (Å²) in [4.78, 5) is 17.9. The van der Waals surface area contributed by atoms with Crippen molar-refractivity contribution in [3.8, 4) is 12.1 Å². The van der Waals surface area contributed by atoms with E-state index in [9.17, 15) is 25.8 Å². The Morgan fingerprint density at radius 2 is 1.12 bits per heavy atom. The molecule has 4 N–H and O–H groups in total. The van der Waals surface area contributed by atoms with Crippen LogP contribution < -0.4 is 9.80 Å². The minimum Gasteiger partial charge on any atom is -0.400 e. The third-order valence-electron chi connectivity index (χ3n) is 13.7. The first kappa shape index (κ1) is 55.8. The van der Waals surface area contributed by atoms with Gasteiger partial charge in [0.1, 0.15) is 11.2 Å². The van der Waals surface area contributed by atoms with Crippen molar-refractivity contribution in [2.24, 2.45) is 0 Å². The van der Waals surface area contributed by atoms with Crippen LogP contribution in [0.5, 0.6) is 0 Å². The molecule has 2 aromatic heterocycles. The number of nitrogens with zero attached hydrogens (tertiary/aromatic N) is 8. The zero-order chi connectivity index (χ0) is 52.7. The van der Waals surface area contributed by atoms with E-state index in [1.807, 2.05) is 79.7 Å². The first-order valence-corrected chi connectivity index (χ1v) is 25.7. The monoisotopic (exact) mass is 1040 g/mol. The number of aliphatic hydroxyl groups is 4. The second kappa shape index (κ2) is 26.5. The van der Waals surface area contributed by atoms with Crippen LogP contribution in [0.25, 0.3) is 0 Å². The third kappa shape index (κ3) is 14.4. The molecule has 6 aromatic rings. The standard InChI is InChI=1S/C31H35ClN4O3.C26H27ClN4O2.CH4O/c1-31(37,25-11-12-26(34-19-25)21-39-30-9-5-6-16-38-30)22-35-14-15-36(28-13-10-23(18-33)17-27(28)32)29(20-35)24-7-3-2-4-8-24;1-26(33,21-8-9-22(17-32)29-15-21)18-30-11-12-31(24-10-7-19(14-28)13-23(24)27)25(16-30)20-5-3-2-4-6-20;1-2/h2-4,7-8,10-13,17,19,29-30,37H,5-6,9,14-16,20-22H2,1H3;2-10,13,15,25,32-33H,11-12,16-18H2,1H3;2H,1H3/t29-,30?,31+;25-,26+;/m00./s1. The summed E-state index contributed by atoms with van der Waals surface area (Å²) in [5.74, 6) is 0. The van der Waals surface area contributed by atoms with E-state index in [0.717, 1.165) is 93.9 Å². The molecule has 3 saturated heterocycles. The van der Waals surface area contributed by atoms with Crippen LogP contribution in [0.1, 0.15) is 90.0 Å². The molecule has 4 aromatic carbocycles. The summed E-state index contributed by atoms with van der Waals surface area (Å²) in [6, 6.07) is 43.3. The molecule has 0 saturated carbocycles. The molecule has 0 aliphatic carbocycles. The normalized spacial score (nSPS) is 19.8. The maximum atomic E-state index is 11.5. The van der Waals surface area contributed by atoms with E-state index < -0.39 is 11.2 Å². The zero-order valence-electron chi connectivity index (χ0n) is 42.3. The van der Waals surface area contributed by atoms with Crippen LogP contribution >= 0.6 is 23.2 Å². The molecule has 0 spiro atoms. The van der Waals surface area contributed by atoms with Crippen LogP contribution in [0, 0.1) is 22.7 Å². The van der Waals surface area contributed by atoms with Crippen LogP contribution in [0.3, 0.4) is 0 Å². The summed E-state index contributed by atoms with van der Waals surface area (Å²) in [7, 11) is 1.00. The van der Waals surface area contributed by atoms with Crippen LogP contribution in [0.15, 0.2) is 134 Å². The number of hydrogen-bond acceptors (Lipinski definition) is 14. The number of benzene rings is 4. The van der Waals surface area contributed by atoms with Crippen molar-refractivity contribution in [3.05, 3.63) is 189 Å². The van der Waals surface area contributed by atoms with Gasteiger partial charge in [-0.05, 0) is 92.8 Å². The molecule has 1 unspecified atom stereocenters. The molecule has 0 radical (unpaired) electrons. The van der Waals surface area contributed by atoms with Gasteiger partial charge in [0.15, 0.2) is 6.29 Å². The summed E-state index contributed by atoms with van der Waals surface area (Å²) < 4.78 is 11.5. The number of ether oxygens (including phenoxy) is 2. The largest absolute Gasteiger partial charge is 0.400 e. The highest BCUT2D eigenvalue weighted by molar-refractivity contribution is 6.33. The van der Waals surface area contributed by atoms with E-state index in [4.69, 9.17) is 37.8 Å². The highest BCUT2D eigenvalue weighted by Crippen LogP contribution is 2.39. The van der Waals surface area contributed by atoms with Crippen molar-refractivity contribution in [3.63, 3.8) is 0 Å². The Balaban J connectivity index is 0.000000212. The van der Waals surface area contributed by atoms with Crippen LogP contribution in [-0.4, -0.2) is 113 Å². The average molecular weight is 1040 g/mol. The molecule has 74 heavy (non-hydrogen) atoms. The molecule has 0 bridgehead atoms. The van der Waals surface area contributed by atoms with E-state index in [1.54, 1.807) is 43.6 Å². The van der Waals surface area contributed by atoms with Gasteiger partial charge in [-0.25, -0.2) is 0 Å². The molecule has 388 valence electrons. The Labute approximate surface area is 445 Å². The topological polar surface area (TPSA) is 186 Å². The Morgan fingerprint density at radius 3 is 1.51 bits per heavy atom. The fourth-order valence-corrected chi connectivity index (χ4v) is 10.4. The van der Waals surface area contributed by atoms with Gasteiger partial charge in [-0.15, -0.1) is 0 Å². The van der Waals surface area contributed by atoms with Crippen molar-refractivity contribution in [1.29, 1.82) is 10.5 Å². The summed E-state index contributed by atoms with van der Waals surface area (Å²) in [6.07, 6.45) is 6.36. The number of anilines is 2. The quantitative estimate of drug-likeness (QED) is 0.0811. The molecule has 3 aliphatic heterocycles. The molecule has 5 heterocycles. The molecule has 14 nitrogen and oxygen atoms in total. The summed E-state index contributed by atoms with van der Waals surface area (Å²) in [5.41, 5.74) is 5.96. The Hall–Kier alpha value is -5.98. The van der Waals surface area contributed by atoms with Crippen LogP contribution in [0.2, 0.25) is 10.0 Å². The van der Waals surface area contributed by atoms with Gasteiger partial charge in [-0.3, -0.25) is 19.8 Å². The SMILES string of the molecule is CO.C[C@@](O)(CN1CCN(c2ccc(C#N)cc2Cl)[C@H](c2ccccc2)C1)c1ccc(CO)nc1.C[C@@](O)(CN1CCN(c2ccc(C#N)cc2Cl)[C@H](c2ccccc2)C1)c1ccc(COC2CCCCO2)nc1. The second-order valence-electron chi connectivity index (χ2n) is 19.2. The number of piperazine rings is 2. The number of aromatic nitrogens is 2. The number of β-amino-alcohol motifs (C(OH)–C–C–N with tert-alkyl or cyclic N) is 2. The first-order valence-electron chi connectivity index (χ1n) is 25.0. The fourth-order valence-electron chi connectivity index (χ4n) is 9.82. The summed E-state index contributed by atoms with van der Waals surface area (Å²) >= 11 is 13.2. The minimum absolute atomic E-state index is 0.0380. The van der Waals surface area contributed by atoms with E-state index >= 15 is 0 Å². The highest BCUT2D eigenvalue weighted by atomic mass is 35.5. The maximum absolute atomic E-state index is 11.5. The third-order valence-corrected chi connectivity index (χ3v) is 14.3. The Kier molecular flexibility index (Phi) is 20.0. The maximum Gasteiger partial charge on any atom is 0.158 e. The van der Waals surface area contributed by atoms with Crippen LogP contribution in [0.4, 0.5) is 11.4 Å². The van der Waals surface area contributed by atoms with Gasteiger partial charge in [0, 0.05) is 89.6 Å². The molecule has 5 atom stereocenters. The molecular formula is C58H66Cl2N8O6. The first-order chi connectivity index (χ1) is 35.8. The molecular weight excluding hydrogens is 976 g/mol. The Bertz CT molecular complexity index is 2790. The van der Waals surface area contributed by atoms with Gasteiger partial charge in [0.2, 0.25) is 0 Å². The van der Waals surface area contributed by atoms with Crippen molar-refractivity contribution in [1.82, 2.24) is 19.8 Å². The number of nitriles is 2. The lowest BCUT2D eigenvalue weighted by atomic mass is 9.94. The van der Waals surface area contributed by atoms with Gasteiger partial charge in [0.25, 0.3) is 0 Å². The van der Waals surface area contributed by atoms with E-state index in [-0.39, 0.29) is 25.0 Å². The van der Waals surface area contributed by atoms with Gasteiger partial charge < -0.3 is 39.7 Å². The van der Waals surface area contributed by atoms with Crippen molar-refractivity contribution >= 4 is 34.6 Å². The smallest absolute Gasteiger partial charge is 0.158 e. The predicted molar refractivity (Wildman–Crippen MR) is 288 cm³/mol. The Morgan fingerprint density at radius 1 is 0.649 bits per heavy atom. The van der Waals surface area contributed by atoms with E-state index in [1.165, 1.54) is 5.56 Å². The number of pyridine rings is 2. The van der Waals surface area contributed by atoms with Gasteiger partial charge >= 0.3 is 0 Å². The number of hydrogen-bond donors (Lipinski definition) is 4. The predicted octanol–water partition coefficient (Wildman–Crippen LogP) is 8.90. The minimum atomic E-state index is -1.09. The van der Waals surface area contributed by atoms with Crippen molar-refractivity contribution in [2.45, 2.75) is 75.9 Å². The second-order valence-corrected chi connectivity index (χ2v) is 20.0. The summed E-state index contributed by atoms with van der Waals surface area (Å²) in [6.45, 7) is 9.98. The molecule has 9 rings (SSSR count). The lowest BCUT2D eigenvalue weighted by Crippen LogP contribution is -2.52. The molecule has 0 amide bonds. The highest BCUT2D eigenvalue weighted by Gasteiger charge is 2.36. The average Bonchev–Trinajstić information content (AvgIpc) is 3.44. The molecule has 3 aliphatic rings. The number of rotatable bonds is 14. The lowest BCUT2D eigenvalue weighted by molar-refractivity contribution is -0.169. The van der Waals surface area contributed by atoms with Crippen molar-refractivity contribution in [2.75, 3.05) is 75.9 Å². The molecule has 16 heteroatoms. The molecule has 3 fully saturated rings. The van der Waals surface area contributed by atoms with E-state index in [2.05, 4.69) is 66.0 Å². The van der Waals surface area contributed by atoms with Crippen LogP contribution in [-0.2, 0) is 33.9 Å². The van der Waals surface area contributed by atoms with Gasteiger partial charge in [-0.2, -0.15) is 10.5 Å². The van der Waals surface area contributed by atoms with E-state index in [0.29, 0.717) is 58.7 Å². The summed E-state index contributed by atoms with van der Waals surface area (Å²) in [5, 5.41) is 58.6. The van der Waals surface area contributed by atoms with Crippen molar-refractivity contribution < 1.29 is 29.9 Å². The number of aliphatic hydroxyl groups excluding tert-OH is 2. The number of halogens is 2. The van der Waals surface area contributed by atoms with Gasteiger partial charge in [-0.1, -0.05) is 96.0 Å². The van der Waals surface area contributed by atoms with Gasteiger partial charge in [0.05, 0.1) is 81.4 Å². The lowest BCUT2D eigenvalue weighted by Gasteiger charge is -2.45.